The highest BCUT2D eigenvalue weighted by Crippen LogP contribution is 2.04. The van der Waals surface area contributed by atoms with E-state index >= 15 is 0 Å². The van der Waals surface area contributed by atoms with Crippen LogP contribution in [-0.2, 0) is 11.3 Å². The molecular weight excluding hydrogens is 202 g/mol. The molecule has 2 N–H and O–H groups in total. The van der Waals surface area contributed by atoms with Crippen LogP contribution in [-0.4, -0.2) is 36.1 Å². The highest BCUT2D eigenvalue weighted by molar-refractivity contribution is 5.31. The first kappa shape index (κ1) is 12.9. The van der Waals surface area contributed by atoms with E-state index in [0.717, 1.165) is 31.8 Å². The van der Waals surface area contributed by atoms with Gasteiger partial charge >= 0.3 is 0 Å². The predicted molar refractivity (Wildman–Crippen MR) is 66.1 cm³/mol. The standard InChI is InChI=1S/C12H21N3O/c1-3-15(4-2)7-8-16-10-11-5-6-14-12(13)9-11/h5-6,9H,3-4,7-8,10H2,1-2H3,(H2,13,14). The van der Waals surface area contributed by atoms with Crippen LogP contribution in [0.4, 0.5) is 5.82 Å². The van der Waals surface area contributed by atoms with Crippen LogP contribution in [0.25, 0.3) is 0 Å². The lowest BCUT2D eigenvalue weighted by Crippen LogP contribution is -2.26. The highest BCUT2D eigenvalue weighted by atomic mass is 16.5. The normalized spacial score (nSPS) is 10.9. The lowest BCUT2D eigenvalue weighted by molar-refractivity contribution is 0.0956. The van der Waals surface area contributed by atoms with Crippen molar-refractivity contribution >= 4 is 5.82 Å². The van der Waals surface area contributed by atoms with Crippen molar-refractivity contribution in [2.45, 2.75) is 20.5 Å². The van der Waals surface area contributed by atoms with Crippen molar-refractivity contribution in [3.05, 3.63) is 23.9 Å². The minimum atomic E-state index is 0.546. The number of ether oxygens (including phenoxy) is 1. The predicted octanol–water partition coefficient (Wildman–Crippen LogP) is 1.52. The fraction of sp³-hybridized carbons (Fsp3) is 0.583. The second-order valence-electron chi connectivity index (χ2n) is 3.67. The maximum atomic E-state index is 5.58. The number of pyridine rings is 1. The molecule has 4 nitrogen and oxygen atoms in total. The summed E-state index contributed by atoms with van der Waals surface area (Å²) in [5, 5.41) is 0. The Morgan fingerprint density at radius 3 is 2.75 bits per heavy atom. The van der Waals surface area contributed by atoms with Gasteiger partial charge in [0.2, 0.25) is 0 Å². The molecule has 4 heteroatoms. The Morgan fingerprint density at radius 2 is 2.12 bits per heavy atom. The Bertz CT molecular complexity index is 300. The van der Waals surface area contributed by atoms with Gasteiger partial charge in [0, 0.05) is 12.7 Å². The zero-order valence-electron chi connectivity index (χ0n) is 10.1. The lowest BCUT2D eigenvalue weighted by atomic mass is 10.3. The third kappa shape index (κ3) is 4.59. The quantitative estimate of drug-likeness (QED) is 0.712. The third-order valence-electron chi connectivity index (χ3n) is 2.56. The van der Waals surface area contributed by atoms with Crippen LogP contribution in [0.5, 0.6) is 0 Å². The van der Waals surface area contributed by atoms with E-state index in [1.807, 2.05) is 12.1 Å². The lowest BCUT2D eigenvalue weighted by Gasteiger charge is -2.17. The number of likely N-dealkylation sites (N-methyl/N-ethyl adjacent to an activating group) is 1. The van der Waals surface area contributed by atoms with E-state index in [-0.39, 0.29) is 0 Å². The molecule has 0 saturated heterocycles. The van der Waals surface area contributed by atoms with E-state index < -0.39 is 0 Å². The molecule has 0 spiro atoms. The Morgan fingerprint density at radius 1 is 1.38 bits per heavy atom. The molecule has 1 aromatic heterocycles. The van der Waals surface area contributed by atoms with Crippen molar-refractivity contribution in [2.24, 2.45) is 0 Å². The molecule has 0 aliphatic carbocycles. The summed E-state index contributed by atoms with van der Waals surface area (Å²) in [6.45, 7) is 8.80. The van der Waals surface area contributed by atoms with Gasteiger partial charge in [0.15, 0.2) is 0 Å². The van der Waals surface area contributed by atoms with Crippen molar-refractivity contribution in [2.75, 3.05) is 32.0 Å². The van der Waals surface area contributed by atoms with Crippen molar-refractivity contribution in [3.8, 4) is 0 Å². The van der Waals surface area contributed by atoms with Crippen LogP contribution in [0.15, 0.2) is 18.3 Å². The summed E-state index contributed by atoms with van der Waals surface area (Å²) in [6.07, 6.45) is 1.71. The second-order valence-corrected chi connectivity index (χ2v) is 3.67. The van der Waals surface area contributed by atoms with Crippen molar-refractivity contribution in [1.29, 1.82) is 0 Å². The first-order valence-electron chi connectivity index (χ1n) is 5.76. The molecule has 0 fully saturated rings. The van der Waals surface area contributed by atoms with Crippen LogP contribution in [0, 0.1) is 0 Å². The molecule has 16 heavy (non-hydrogen) atoms. The van der Waals surface area contributed by atoms with Crippen LogP contribution < -0.4 is 5.73 Å². The van der Waals surface area contributed by atoms with Crippen molar-refractivity contribution < 1.29 is 4.74 Å². The number of hydrogen-bond donors (Lipinski definition) is 1. The van der Waals surface area contributed by atoms with Gasteiger partial charge in [0.05, 0.1) is 13.2 Å². The summed E-state index contributed by atoms with van der Waals surface area (Å²) >= 11 is 0. The Hall–Kier alpha value is -1.13. The maximum Gasteiger partial charge on any atom is 0.123 e. The minimum absolute atomic E-state index is 0.546. The first-order chi connectivity index (χ1) is 7.76. The molecular formula is C12H21N3O. The minimum Gasteiger partial charge on any atom is -0.384 e. The molecule has 0 bridgehead atoms. The van der Waals surface area contributed by atoms with Crippen molar-refractivity contribution in [3.63, 3.8) is 0 Å². The number of hydrogen-bond acceptors (Lipinski definition) is 4. The fourth-order valence-electron chi connectivity index (χ4n) is 1.51. The molecule has 0 aliphatic heterocycles. The van der Waals surface area contributed by atoms with Crippen LogP contribution in [0.1, 0.15) is 19.4 Å². The monoisotopic (exact) mass is 223 g/mol. The number of nitrogens with two attached hydrogens (primary N) is 1. The summed E-state index contributed by atoms with van der Waals surface area (Å²) < 4.78 is 5.58. The maximum absolute atomic E-state index is 5.58. The van der Waals surface area contributed by atoms with E-state index in [1.54, 1.807) is 6.20 Å². The SMILES string of the molecule is CCN(CC)CCOCc1ccnc(N)c1. The molecule has 0 aromatic carbocycles. The summed E-state index contributed by atoms with van der Waals surface area (Å²) in [5.41, 5.74) is 6.66. The van der Waals surface area contributed by atoms with E-state index in [0.29, 0.717) is 12.4 Å². The van der Waals surface area contributed by atoms with E-state index in [9.17, 15) is 0 Å². The van der Waals surface area contributed by atoms with Gasteiger partial charge in [-0.2, -0.15) is 0 Å². The summed E-state index contributed by atoms with van der Waals surface area (Å²) in [7, 11) is 0. The van der Waals surface area contributed by atoms with E-state index in [2.05, 4.69) is 23.7 Å². The largest absolute Gasteiger partial charge is 0.384 e. The highest BCUT2D eigenvalue weighted by Gasteiger charge is 1.99. The Labute approximate surface area is 97.4 Å². The number of aromatic nitrogens is 1. The Kier molecular flexibility index (Phi) is 5.82. The van der Waals surface area contributed by atoms with Gasteiger partial charge in [0.25, 0.3) is 0 Å². The summed E-state index contributed by atoms with van der Waals surface area (Å²) in [4.78, 5) is 6.27. The topological polar surface area (TPSA) is 51.4 Å². The average Bonchev–Trinajstić information content (AvgIpc) is 2.29. The van der Waals surface area contributed by atoms with Gasteiger partial charge in [-0.3, -0.25) is 0 Å². The van der Waals surface area contributed by atoms with Crippen LogP contribution >= 0.6 is 0 Å². The molecule has 0 amide bonds. The smallest absolute Gasteiger partial charge is 0.123 e. The first-order valence-corrected chi connectivity index (χ1v) is 5.76. The number of rotatable bonds is 7. The van der Waals surface area contributed by atoms with E-state index in [4.69, 9.17) is 10.5 Å². The summed E-state index contributed by atoms with van der Waals surface area (Å²) in [6, 6.07) is 3.77. The third-order valence-corrected chi connectivity index (χ3v) is 2.56. The average molecular weight is 223 g/mol. The van der Waals surface area contributed by atoms with Crippen molar-refractivity contribution in [1.82, 2.24) is 9.88 Å². The van der Waals surface area contributed by atoms with Gasteiger partial charge in [0.1, 0.15) is 5.82 Å². The number of anilines is 1. The molecule has 0 saturated carbocycles. The molecule has 0 unspecified atom stereocenters. The molecule has 0 atom stereocenters. The fourth-order valence-corrected chi connectivity index (χ4v) is 1.51. The number of nitrogens with zero attached hydrogens (tertiary/aromatic N) is 2. The zero-order valence-corrected chi connectivity index (χ0v) is 10.1. The molecule has 1 rings (SSSR count). The Balaban J connectivity index is 2.20. The van der Waals surface area contributed by atoms with Gasteiger partial charge in [-0.05, 0) is 30.8 Å². The second kappa shape index (κ2) is 7.19. The van der Waals surface area contributed by atoms with Gasteiger partial charge in [-0.25, -0.2) is 4.98 Å². The molecule has 1 heterocycles. The molecule has 0 aliphatic rings. The summed E-state index contributed by atoms with van der Waals surface area (Å²) in [5.74, 6) is 0.546. The zero-order chi connectivity index (χ0) is 11.8. The van der Waals surface area contributed by atoms with Crippen LogP contribution in [0.2, 0.25) is 0 Å². The van der Waals surface area contributed by atoms with Gasteiger partial charge < -0.3 is 15.4 Å². The number of nitrogen functional groups attached to an aromatic ring is 1. The van der Waals surface area contributed by atoms with Gasteiger partial charge in [-0.1, -0.05) is 13.8 Å². The molecule has 1 aromatic rings. The van der Waals surface area contributed by atoms with Crippen LogP contribution in [0.3, 0.4) is 0 Å². The van der Waals surface area contributed by atoms with E-state index in [1.165, 1.54) is 0 Å². The molecule has 0 radical (unpaired) electrons. The van der Waals surface area contributed by atoms with Gasteiger partial charge in [-0.15, -0.1) is 0 Å². The molecule has 90 valence electrons.